The third kappa shape index (κ3) is 1.90. The number of hydrogen-bond acceptors (Lipinski definition) is 7. The molecule has 1 saturated heterocycles. The van der Waals surface area contributed by atoms with E-state index in [4.69, 9.17) is 28.4 Å². The smallest absolute Gasteiger partial charge is 0.231 e. The van der Waals surface area contributed by atoms with Crippen LogP contribution < -0.4 is 14.2 Å². The molecule has 0 saturated carbocycles. The van der Waals surface area contributed by atoms with Gasteiger partial charge in [0, 0.05) is 38.3 Å². The maximum Gasteiger partial charge on any atom is 0.231 e. The van der Waals surface area contributed by atoms with Crippen LogP contribution >= 0.6 is 0 Å². The van der Waals surface area contributed by atoms with Gasteiger partial charge in [0.15, 0.2) is 22.9 Å². The average molecular weight is 346 g/mol. The summed E-state index contributed by atoms with van der Waals surface area (Å²) in [5, 5.41) is 0. The van der Waals surface area contributed by atoms with Gasteiger partial charge >= 0.3 is 0 Å². The zero-order valence-electron chi connectivity index (χ0n) is 13.9. The molecule has 132 valence electrons. The number of fused-ring (bicyclic) bond motifs is 6. The van der Waals surface area contributed by atoms with Crippen LogP contribution in [0.5, 0.6) is 17.2 Å². The van der Waals surface area contributed by atoms with E-state index in [-0.39, 0.29) is 24.6 Å². The Morgan fingerprint density at radius 3 is 2.68 bits per heavy atom. The van der Waals surface area contributed by atoms with Gasteiger partial charge in [-0.05, 0) is 12.5 Å². The largest absolute Gasteiger partial charge is 0.486 e. The number of ketones is 1. The first-order chi connectivity index (χ1) is 12.2. The minimum atomic E-state index is -0.807. The average Bonchev–Trinajstić information content (AvgIpc) is 3.22. The van der Waals surface area contributed by atoms with Crippen LogP contribution in [0.1, 0.15) is 24.3 Å². The monoisotopic (exact) mass is 346 g/mol. The topological polar surface area (TPSA) is 72.5 Å². The van der Waals surface area contributed by atoms with Gasteiger partial charge in [-0.1, -0.05) is 0 Å². The van der Waals surface area contributed by atoms with E-state index in [0.29, 0.717) is 35.8 Å². The molecule has 0 radical (unpaired) electrons. The Labute approximate surface area is 144 Å². The van der Waals surface area contributed by atoms with E-state index in [2.05, 4.69) is 0 Å². The molecule has 25 heavy (non-hydrogen) atoms. The number of allylic oxidation sites excluding steroid dienone is 1. The summed E-state index contributed by atoms with van der Waals surface area (Å²) in [6.45, 7) is 0.202. The molecule has 0 N–H and O–H groups in total. The third-order valence-electron chi connectivity index (χ3n) is 5.49. The zero-order valence-corrected chi connectivity index (χ0v) is 13.9. The number of ether oxygens (including phenoxy) is 6. The zero-order chi connectivity index (χ0) is 17.2. The molecule has 1 aromatic rings. The van der Waals surface area contributed by atoms with E-state index in [9.17, 15) is 4.79 Å². The third-order valence-corrected chi connectivity index (χ3v) is 5.49. The summed E-state index contributed by atoms with van der Waals surface area (Å²) >= 11 is 0. The normalized spacial score (nSPS) is 34.4. The van der Waals surface area contributed by atoms with Crippen molar-refractivity contribution in [1.29, 1.82) is 0 Å². The number of rotatable bonds is 2. The quantitative estimate of drug-likeness (QED) is 0.810. The highest BCUT2D eigenvalue weighted by Crippen LogP contribution is 2.56. The van der Waals surface area contributed by atoms with E-state index in [0.717, 1.165) is 5.56 Å². The molecule has 0 aromatic heterocycles. The number of carbonyl (C=O) groups is 1. The van der Waals surface area contributed by atoms with Crippen molar-refractivity contribution in [2.24, 2.45) is 0 Å². The summed E-state index contributed by atoms with van der Waals surface area (Å²) in [4.78, 5) is 11.9. The van der Waals surface area contributed by atoms with Crippen LogP contribution in [0.25, 0.3) is 0 Å². The van der Waals surface area contributed by atoms with Gasteiger partial charge in [0.05, 0.1) is 5.92 Å². The Morgan fingerprint density at radius 1 is 1.12 bits per heavy atom. The maximum absolute atomic E-state index is 11.9. The van der Waals surface area contributed by atoms with Crippen molar-refractivity contribution >= 4 is 5.78 Å². The first-order valence-corrected chi connectivity index (χ1v) is 8.26. The molecule has 7 heteroatoms. The molecule has 3 aliphatic heterocycles. The van der Waals surface area contributed by atoms with Gasteiger partial charge in [0.1, 0.15) is 17.6 Å². The minimum Gasteiger partial charge on any atom is -0.486 e. The van der Waals surface area contributed by atoms with Crippen molar-refractivity contribution in [3.8, 4) is 17.2 Å². The number of benzene rings is 1. The first-order valence-electron chi connectivity index (χ1n) is 8.26. The number of methoxy groups -OCH3 is 2. The number of carbonyl (C=O) groups excluding carboxylic acids is 1. The van der Waals surface area contributed by atoms with Crippen LogP contribution in [0.4, 0.5) is 0 Å². The Bertz CT molecular complexity index is 786. The summed E-state index contributed by atoms with van der Waals surface area (Å²) in [5.41, 5.74) is 0.132. The number of hydrogen-bond donors (Lipinski definition) is 0. The maximum atomic E-state index is 11.9. The summed E-state index contributed by atoms with van der Waals surface area (Å²) in [6.07, 6.45) is 1.48. The van der Waals surface area contributed by atoms with Crippen LogP contribution in [0.2, 0.25) is 0 Å². The molecular formula is C18H18O7. The summed E-state index contributed by atoms with van der Waals surface area (Å²) < 4.78 is 34.7. The molecular weight excluding hydrogens is 328 g/mol. The van der Waals surface area contributed by atoms with Gasteiger partial charge < -0.3 is 28.4 Å². The standard InChI is InChI=1S/C18H18O7/c1-20-17-15-10-6-12-13(23-8-22-12)7-11(10)24-16(15)18(21-2)4-3-9(19)5-14(18)25-17/h5-7,15-17H,3-4,8H2,1-2H3/t15-,16-,17+,18-/m1/s1. The van der Waals surface area contributed by atoms with Gasteiger partial charge in [0.2, 0.25) is 13.1 Å². The summed E-state index contributed by atoms with van der Waals surface area (Å²) in [5.74, 6) is 2.36. The van der Waals surface area contributed by atoms with Crippen molar-refractivity contribution in [2.45, 2.75) is 36.8 Å². The second kappa shape index (κ2) is 5.12. The Balaban J connectivity index is 1.64. The van der Waals surface area contributed by atoms with Crippen LogP contribution in [0.15, 0.2) is 24.0 Å². The van der Waals surface area contributed by atoms with E-state index < -0.39 is 11.9 Å². The molecule has 0 unspecified atom stereocenters. The van der Waals surface area contributed by atoms with Gasteiger partial charge in [-0.3, -0.25) is 4.79 Å². The lowest BCUT2D eigenvalue weighted by Gasteiger charge is -2.48. The molecule has 3 heterocycles. The van der Waals surface area contributed by atoms with Crippen LogP contribution in [-0.4, -0.2) is 44.8 Å². The second-order valence-corrected chi connectivity index (χ2v) is 6.60. The van der Waals surface area contributed by atoms with Crippen LogP contribution in [-0.2, 0) is 19.0 Å². The van der Waals surface area contributed by atoms with Gasteiger partial charge in [0.25, 0.3) is 0 Å². The van der Waals surface area contributed by atoms with E-state index >= 15 is 0 Å². The molecule has 7 nitrogen and oxygen atoms in total. The molecule has 0 bridgehead atoms. The van der Waals surface area contributed by atoms with Gasteiger partial charge in [-0.25, -0.2) is 0 Å². The van der Waals surface area contributed by atoms with Crippen molar-refractivity contribution in [1.82, 2.24) is 0 Å². The molecule has 5 rings (SSSR count). The Hall–Kier alpha value is -2.25. The summed E-state index contributed by atoms with van der Waals surface area (Å²) in [7, 11) is 3.20. The summed E-state index contributed by atoms with van der Waals surface area (Å²) in [6, 6.07) is 3.76. The SMILES string of the molecule is CO[C@H]1OC2=CC(=O)CC[C@]2(OC)[C@@H]2Oc3cc4c(cc3[C@@H]12)OCO4. The van der Waals surface area contributed by atoms with Crippen molar-refractivity contribution in [2.75, 3.05) is 21.0 Å². The van der Waals surface area contributed by atoms with Crippen LogP contribution in [0.3, 0.4) is 0 Å². The highest BCUT2D eigenvalue weighted by molar-refractivity contribution is 5.91. The highest BCUT2D eigenvalue weighted by atomic mass is 16.7. The van der Waals surface area contributed by atoms with Crippen LogP contribution in [0, 0.1) is 0 Å². The predicted molar refractivity (Wildman–Crippen MR) is 83.7 cm³/mol. The lowest BCUT2D eigenvalue weighted by Crippen LogP contribution is -2.59. The lowest BCUT2D eigenvalue weighted by molar-refractivity contribution is -0.219. The Morgan fingerprint density at radius 2 is 1.92 bits per heavy atom. The lowest BCUT2D eigenvalue weighted by atomic mass is 9.75. The fourth-order valence-electron chi connectivity index (χ4n) is 4.25. The van der Waals surface area contributed by atoms with E-state index in [1.54, 1.807) is 14.2 Å². The Kier molecular flexibility index (Phi) is 3.08. The fraction of sp³-hybridized carbons (Fsp3) is 0.500. The minimum absolute atomic E-state index is 0.0206. The predicted octanol–water partition coefficient (Wildman–Crippen LogP) is 1.89. The van der Waals surface area contributed by atoms with Crippen molar-refractivity contribution in [3.63, 3.8) is 0 Å². The molecule has 0 amide bonds. The van der Waals surface area contributed by atoms with Gasteiger partial charge in [-0.15, -0.1) is 0 Å². The second-order valence-electron chi connectivity index (χ2n) is 6.60. The fourth-order valence-corrected chi connectivity index (χ4v) is 4.25. The van der Waals surface area contributed by atoms with Crippen molar-refractivity contribution < 1.29 is 33.2 Å². The molecule has 0 spiro atoms. The molecule has 1 aliphatic carbocycles. The first kappa shape index (κ1) is 15.0. The van der Waals surface area contributed by atoms with Crippen molar-refractivity contribution in [3.05, 3.63) is 29.5 Å². The van der Waals surface area contributed by atoms with E-state index in [1.807, 2.05) is 12.1 Å². The van der Waals surface area contributed by atoms with E-state index in [1.165, 1.54) is 6.08 Å². The molecule has 1 aromatic carbocycles. The molecule has 4 aliphatic rings. The van der Waals surface area contributed by atoms with Gasteiger partial charge in [-0.2, -0.15) is 0 Å². The molecule has 4 atom stereocenters. The highest BCUT2D eigenvalue weighted by Gasteiger charge is 2.61. The molecule has 1 fully saturated rings.